The number of hydrogen-bond acceptors (Lipinski definition) is 3. The molecule has 20 heavy (non-hydrogen) atoms. The van der Waals surface area contributed by atoms with Gasteiger partial charge in [-0.05, 0) is 32.1 Å². The van der Waals surface area contributed by atoms with E-state index in [1.165, 1.54) is 0 Å². The van der Waals surface area contributed by atoms with Crippen LogP contribution in [0.5, 0.6) is 0 Å². The van der Waals surface area contributed by atoms with Gasteiger partial charge in [-0.2, -0.15) is 0 Å². The number of carboxylic acid groups (broad SMARTS) is 1. The summed E-state index contributed by atoms with van der Waals surface area (Å²) in [6.45, 7) is 5.97. The Morgan fingerprint density at radius 1 is 1.30 bits per heavy atom. The third-order valence-corrected chi connectivity index (χ3v) is 4.64. The van der Waals surface area contributed by atoms with Crippen LogP contribution in [0.2, 0.25) is 0 Å². The fraction of sp³-hybridized carbons (Fsp3) is 0.867. The molecule has 114 valence electrons. The van der Waals surface area contributed by atoms with Crippen molar-refractivity contribution < 1.29 is 19.4 Å². The van der Waals surface area contributed by atoms with Crippen molar-refractivity contribution in [1.29, 1.82) is 0 Å². The minimum absolute atomic E-state index is 0.0192. The van der Waals surface area contributed by atoms with Gasteiger partial charge >= 0.3 is 5.97 Å². The molecular formula is C15H25NO4. The first-order valence-corrected chi connectivity index (χ1v) is 7.66. The molecule has 2 fully saturated rings. The van der Waals surface area contributed by atoms with Crippen molar-refractivity contribution in [2.24, 2.45) is 17.8 Å². The average Bonchev–Trinajstić information content (AvgIpc) is 2.74. The fourth-order valence-corrected chi connectivity index (χ4v) is 3.45. The lowest BCUT2D eigenvalue weighted by molar-refractivity contribution is -0.149. The molecule has 1 saturated carbocycles. The van der Waals surface area contributed by atoms with Gasteiger partial charge < -0.3 is 14.7 Å². The molecule has 4 unspecified atom stereocenters. The van der Waals surface area contributed by atoms with Gasteiger partial charge in [0.05, 0.1) is 17.9 Å². The maximum atomic E-state index is 12.7. The Hall–Kier alpha value is -1.10. The summed E-state index contributed by atoms with van der Waals surface area (Å²) in [6, 6.07) is 0. The van der Waals surface area contributed by atoms with E-state index in [2.05, 4.69) is 6.92 Å². The Balaban J connectivity index is 2.07. The first kappa shape index (κ1) is 15.3. The Bertz CT molecular complexity index is 371. The zero-order valence-corrected chi connectivity index (χ0v) is 12.4. The first-order chi connectivity index (χ1) is 9.52. The second-order valence-electron chi connectivity index (χ2n) is 6.12. The summed E-state index contributed by atoms with van der Waals surface area (Å²) in [5.41, 5.74) is 0. The van der Waals surface area contributed by atoms with Crippen LogP contribution in [0.3, 0.4) is 0 Å². The molecule has 1 aliphatic heterocycles. The Kier molecular flexibility index (Phi) is 5.02. The predicted molar refractivity (Wildman–Crippen MR) is 74.2 cm³/mol. The molecule has 1 N–H and O–H groups in total. The van der Waals surface area contributed by atoms with E-state index in [4.69, 9.17) is 4.74 Å². The van der Waals surface area contributed by atoms with Crippen LogP contribution in [0, 0.1) is 17.8 Å². The maximum absolute atomic E-state index is 12.7. The van der Waals surface area contributed by atoms with Gasteiger partial charge in [0, 0.05) is 19.7 Å². The Morgan fingerprint density at radius 3 is 2.65 bits per heavy atom. The highest BCUT2D eigenvalue weighted by molar-refractivity contribution is 5.85. The molecule has 1 amide bonds. The van der Waals surface area contributed by atoms with Crippen molar-refractivity contribution >= 4 is 11.9 Å². The number of carbonyl (C=O) groups is 2. The van der Waals surface area contributed by atoms with Gasteiger partial charge in [0.1, 0.15) is 0 Å². The van der Waals surface area contributed by atoms with E-state index in [1.807, 2.05) is 11.8 Å². The number of amides is 1. The molecule has 0 bridgehead atoms. The summed E-state index contributed by atoms with van der Waals surface area (Å²) >= 11 is 0. The lowest BCUT2D eigenvalue weighted by Crippen LogP contribution is -2.42. The molecule has 0 spiro atoms. The molecule has 5 nitrogen and oxygen atoms in total. The number of hydrogen-bond donors (Lipinski definition) is 1. The monoisotopic (exact) mass is 283 g/mol. The van der Waals surface area contributed by atoms with Gasteiger partial charge in [0.2, 0.25) is 5.91 Å². The van der Waals surface area contributed by atoms with E-state index >= 15 is 0 Å². The van der Waals surface area contributed by atoms with Crippen molar-refractivity contribution in [2.75, 3.05) is 19.7 Å². The van der Waals surface area contributed by atoms with E-state index in [1.54, 1.807) is 0 Å². The third-order valence-electron chi connectivity index (χ3n) is 4.64. The van der Waals surface area contributed by atoms with E-state index in [-0.39, 0.29) is 17.9 Å². The molecule has 2 rings (SSSR count). The zero-order valence-electron chi connectivity index (χ0n) is 12.4. The van der Waals surface area contributed by atoms with Crippen LogP contribution in [-0.4, -0.2) is 47.7 Å². The van der Waals surface area contributed by atoms with Crippen molar-refractivity contribution in [3.8, 4) is 0 Å². The minimum Gasteiger partial charge on any atom is -0.481 e. The van der Waals surface area contributed by atoms with Crippen LogP contribution < -0.4 is 0 Å². The quantitative estimate of drug-likeness (QED) is 0.857. The first-order valence-electron chi connectivity index (χ1n) is 7.66. The van der Waals surface area contributed by atoms with Gasteiger partial charge in [-0.15, -0.1) is 0 Å². The minimum atomic E-state index is -0.821. The third kappa shape index (κ3) is 3.32. The number of rotatable bonds is 3. The number of carbonyl (C=O) groups excluding carboxylic acids is 1. The smallest absolute Gasteiger partial charge is 0.307 e. The molecule has 1 saturated heterocycles. The molecular weight excluding hydrogens is 258 g/mol. The van der Waals surface area contributed by atoms with Crippen LogP contribution in [0.15, 0.2) is 0 Å². The highest BCUT2D eigenvalue weighted by Gasteiger charge is 2.43. The lowest BCUT2D eigenvalue weighted by Gasteiger charge is -2.27. The predicted octanol–water partition coefficient (Wildman–Crippen LogP) is 1.76. The van der Waals surface area contributed by atoms with Gasteiger partial charge in [0.15, 0.2) is 0 Å². The Labute approximate surface area is 120 Å². The van der Waals surface area contributed by atoms with Crippen LogP contribution in [0.25, 0.3) is 0 Å². The maximum Gasteiger partial charge on any atom is 0.307 e. The number of nitrogens with zero attached hydrogens (tertiary/aromatic N) is 1. The molecule has 0 aromatic heterocycles. The number of carboxylic acids is 1. The van der Waals surface area contributed by atoms with Crippen LogP contribution in [0.1, 0.15) is 39.5 Å². The molecule has 2 aliphatic rings. The van der Waals surface area contributed by atoms with E-state index in [0.29, 0.717) is 32.0 Å². The molecule has 1 aliphatic carbocycles. The normalized spacial score (nSPS) is 34.8. The van der Waals surface area contributed by atoms with Crippen LogP contribution in [0.4, 0.5) is 0 Å². The lowest BCUT2D eigenvalue weighted by atomic mass is 9.94. The molecule has 4 atom stereocenters. The second kappa shape index (κ2) is 6.57. The molecule has 0 radical (unpaired) electrons. The van der Waals surface area contributed by atoms with Crippen LogP contribution >= 0.6 is 0 Å². The van der Waals surface area contributed by atoms with Gasteiger partial charge in [-0.3, -0.25) is 9.59 Å². The van der Waals surface area contributed by atoms with E-state index in [0.717, 1.165) is 19.3 Å². The molecule has 5 heteroatoms. The summed E-state index contributed by atoms with van der Waals surface area (Å²) in [6.07, 6.45) is 3.18. The fourth-order valence-electron chi connectivity index (χ4n) is 3.45. The van der Waals surface area contributed by atoms with Crippen molar-refractivity contribution in [1.82, 2.24) is 4.90 Å². The summed E-state index contributed by atoms with van der Waals surface area (Å²) in [5.74, 6) is -1.29. The number of aliphatic carboxylic acids is 1. The summed E-state index contributed by atoms with van der Waals surface area (Å²) < 4.78 is 5.55. The standard InChI is InChI=1S/C15H25NO4/c1-3-11-7-12(13(8-11)15(18)19)14(17)16-5-4-6-20-10(2)9-16/h10-13H,3-9H2,1-2H3,(H,18,19). The summed E-state index contributed by atoms with van der Waals surface area (Å²) in [5, 5.41) is 9.36. The van der Waals surface area contributed by atoms with Crippen LogP contribution in [-0.2, 0) is 14.3 Å². The second-order valence-corrected chi connectivity index (χ2v) is 6.12. The van der Waals surface area contributed by atoms with E-state index < -0.39 is 11.9 Å². The number of ether oxygens (including phenoxy) is 1. The van der Waals surface area contributed by atoms with Gasteiger partial charge in [-0.1, -0.05) is 13.3 Å². The van der Waals surface area contributed by atoms with Crippen molar-refractivity contribution in [3.63, 3.8) is 0 Å². The molecule has 0 aromatic carbocycles. The summed E-state index contributed by atoms with van der Waals surface area (Å²) in [4.78, 5) is 25.9. The van der Waals surface area contributed by atoms with Crippen molar-refractivity contribution in [3.05, 3.63) is 0 Å². The highest BCUT2D eigenvalue weighted by Crippen LogP contribution is 2.39. The van der Waals surface area contributed by atoms with E-state index in [9.17, 15) is 14.7 Å². The average molecular weight is 283 g/mol. The SMILES string of the molecule is CCC1CC(C(=O)O)C(C(=O)N2CCCOC(C)C2)C1. The largest absolute Gasteiger partial charge is 0.481 e. The van der Waals surface area contributed by atoms with Gasteiger partial charge in [0.25, 0.3) is 0 Å². The topological polar surface area (TPSA) is 66.8 Å². The zero-order chi connectivity index (χ0) is 14.7. The molecule has 1 heterocycles. The highest BCUT2D eigenvalue weighted by atomic mass is 16.5. The Morgan fingerprint density at radius 2 is 2.00 bits per heavy atom. The van der Waals surface area contributed by atoms with Gasteiger partial charge in [-0.25, -0.2) is 0 Å². The molecule has 0 aromatic rings. The summed E-state index contributed by atoms with van der Waals surface area (Å²) in [7, 11) is 0. The van der Waals surface area contributed by atoms with Crippen molar-refractivity contribution in [2.45, 2.75) is 45.6 Å².